The maximum atomic E-state index is 13.0. The van der Waals surface area contributed by atoms with Gasteiger partial charge in [-0.05, 0) is 73.1 Å². The summed E-state index contributed by atoms with van der Waals surface area (Å²) in [5.74, 6) is -0.0994. The number of halogens is 2. The van der Waals surface area contributed by atoms with E-state index in [2.05, 4.69) is 49.4 Å². The third-order valence-corrected chi connectivity index (χ3v) is 7.24. The minimum absolute atomic E-state index is 0.0528. The lowest BCUT2D eigenvalue weighted by atomic mass is 9.91. The fourth-order valence-corrected chi connectivity index (χ4v) is 5.42. The lowest BCUT2D eigenvalue weighted by Gasteiger charge is -2.11. The van der Waals surface area contributed by atoms with Gasteiger partial charge in [-0.2, -0.15) is 13.9 Å². The van der Waals surface area contributed by atoms with Gasteiger partial charge in [0.05, 0.1) is 16.6 Å². The fraction of sp³-hybridized carbons (Fsp3) is 0.241. The Bertz CT molecular complexity index is 1530. The number of rotatable bonds is 7. The lowest BCUT2D eigenvalue weighted by molar-refractivity contribution is -0.118. The first-order valence-electron chi connectivity index (χ1n) is 12.1. The van der Waals surface area contributed by atoms with Gasteiger partial charge in [0.15, 0.2) is 0 Å². The van der Waals surface area contributed by atoms with Crippen LogP contribution >= 0.6 is 0 Å². The van der Waals surface area contributed by atoms with Gasteiger partial charge in [0.25, 0.3) is 0 Å². The highest BCUT2D eigenvalue weighted by atomic mass is 19.3. The van der Waals surface area contributed by atoms with Gasteiger partial charge in [-0.15, -0.1) is 0 Å². The van der Waals surface area contributed by atoms with Crippen LogP contribution in [0.3, 0.4) is 0 Å². The number of alkyl halides is 2. The number of carbonyl (C=O) groups excluding carboxylic acids is 1. The molecule has 3 aromatic carbocycles. The number of ether oxygens (including phenoxy) is 1. The van der Waals surface area contributed by atoms with Crippen molar-refractivity contribution in [3.05, 3.63) is 88.6 Å². The summed E-state index contributed by atoms with van der Waals surface area (Å²) in [7, 11) is 4.10. The van der Waals surface area contributed by atoms with E-state index in [0.29, 0.717) is 17.7 Å². The predicted molar refractivity (Wildman–Crippen MR) is 140 cm³/mol. The molecular formula is C29H26F2N4O2. The molecule has 1 fully saturated rings. The molecule has 0 radical (unpaired) electrons. The highest BCUT2D eigenvalue weighted by molar-refractivity contribution is 6.10. The molecule has 2 aliphatic rings. The SMILES string of the molecule is CN(C)Cc1ccc(/C=C/c2n[nH]c3cc([C@@H]4CC45C(=O)Nc4ccc(OC(F)F)cc45)ccc23)cc1. The molecule has 6 nitrogen and oxygen atoms in total. The summed E-state index contributed by atoms with van der Waals surface area (Å²) >= 11 is 0. The van der Waals surface area contributed by atoms with Crippen molar-refractivity contribution in [3.8, 4) is 5.75 Å². The van der Waals surface area contributed by atoms with Crippen molar-refractivity contribution in [2.75, 3.05) is 19.4 Å². The number of aromatic nitrogens is 2. The summed E-state index contributed by atoms with van der Waals surface area (Å²) in [5.41, 5.74) is 5.68. The third kappa shape index (κ3) is 4.17. The topological polar surface area (TPSA) is 70.2 Å². The number of carbonyl (C=O) groups is 1. The third-order valence-electron chi connectivity index (χ3n) is 7.24. The van der Waals surface area contributed by atoms with E-state index in [-0.39, 0.29) is 17.6 Å². The molecule has 0 bridgehead atoms. The molecule has 6 rings (SSSR count). The van der Waals surface area contributed by atoms with E-state index >= 15 is 0 Å². The van der Waals surface area contributed by atoms with Crippen LogP contribution in [0.5, 0.6) is 5.75 Å². The van der Waals surface area contributed by atoms with Gasteiger partial charge in [0, 0.05) is 23.5 Å². The zero-order valence-electron chi connectivity index (χ0n) is 20.5. The van der Waals surface area contributed by atoms with Crippen LogP contribution in [0.1, 0.15) is 40.3 Å². The second-order valence-corrected chi connectivity index (χ2v) is 9.99. The first-order chi connectivity index (χ1) is 17.8. The summed E-state index contributed by atoms with van der Waals surface area (Å²) in [4.78, 5) is 15.1. The van der Waals surface area contributed by atoms with Gasteiger partial charge in [-0.1, -0.05) is 42.5 Å². The summed E-state index contributed by atoms with van der Waals surface area (Å²) < 4.78 is 30.1. The Hall–Kier alpha value is -4.04. The number of aromatic amines is 1. The molecule has 2 atom stereocenters. The van der Waals surface area contributed by atoms with Crippen molar-refractivity contribution >= 4 is 34.6 Å². The van der Waals surface area contributed by atoms with E-state index in [1.165, 1.54) is 11.6 Å². The molecule has 37 heavy (non-hydrogen) atoms. The first kappa shape index (κ1) is 23.4. The fourth-order valence-electron chi connectivity index (χ4n) is 5.42. The molecule has 1 unspecified atom stereocenters. The molecule has 1 amide bonds. The van der Waals surface area contributed by atoms with Gasteiger partial charge in [0.1, 0.15) is 5.75 Å². The normalized spacial score (nSPS) is 20.4. The summed E-state index contributed by atoms with van der Waals surface area (Å²) in [5, 5.41) is 11.5. The zero-order valence-corrected chi connectivity index (χ0v) is 20.5. The Labute approximate surface area is 212 Å². The number of nitrogens with zero attached hydrogens (tertiary/aromatic N) is 2. The maximum absolute atomic E-state index is 13.0. The number of fused-ring (bicyclic) bond motifs is 3. The molecule has 0 saturated heterocycles. The number of H-pyrrole nitrogens is 1. The average Bonchev–Trinajstić information content (AvgIpc) is 3.40. The van der Waals surface area contributed by atoms with E-state index in [4.69, 9.17) is 0 Å². The van der Waals surface area contributed by atoms with Crippen LogP contribution in [0.25, 0.3) is 23.1 Å². The molecule has 1 spiro atoms. The summed E-state index contributed by atoms with van der Waals surface area (Å²) in [6, 6.07) is 19.1. The van der Waals surface area contributed by atoms with Crippen LogP contribution in [0, 0.1) is 0 Å². The minimum atomic E-state index is -2.91. The molecule has 2 N–H and O–H groups in total. The van der Waals surface area contributed by atoms with Crippen molar-refractivity contribution in [2.24, 2.45) is 0 Å². The molecule has 188 valence electrons. The smallest absolute Gasteiger partial charge is 0.387 e. The van der Waals surface area contributed by atoms with Crippen LogP contribution in [-0.2, 0) is 16.8 Å². The van der Waals surface area contributed by atoms with Crippen LogP contribution in [0.4, 0.5) is 14.5 Å². The van der Waals surface area contributed by atoms with Crippen molar-refractivity contribution in [1.82, 2.24) is 15.1 Å². The van der Waals surface area contributed by atoms with Gasteiger partial charge in [-0.3, -0.25) is 9.89 Å². The summed E-state index contributed by atoms with van der Waals surface area (Å²) in [6.45, 7) is -2.02. The van der Waals surface area contributed by atoms with E-state index in [1.807, 2.05) is 44.4 Å². The highest BCUT2D eigenvalue weighted by Gasteiger charge is 2.65. The number of amides is 1. The highest BCUT2D eigenvalue weighted by Crippen LogP contribution is 2.65. The first-order valence-corrected chi connectivity index (χ1v) is 12.1. The Morgan fingerprint density at radius 2 is 1.92 bits per heavy atom. The van der Waals surface area contributed by atoms with Crippen molar-refractivity contribution in [2.45, 2.75) is 30.9 Å². The Morgan fingerprint density at radius 1 is 1.11 bits per heavy atom. The van der Waals surface area contributed by atoms with Crippen LogP contribution in [0.2, 0.25) is 0 Å². The lowest BCUT2D eigenvalue weighted by Crippen LogP contribution is -2.21. The molecule has 4 aromatic rings. The van der Waals surface area contributed by atoms with Crippen LogP contribution in [-0.4, -0.2) is 41.7 Å². The van der Waals surface area contributed by atoms with Crippen molar-refractivity contribution in [1.29, 1.82) is 0 Å². The van der Waals surface area contributed by atoms with Gasteiger partial charge < -0.3 is 15.0 Å². The molecule has 1 aromatic heterocycles. The summed E-state index contributed by atoms with van der Waals surface area (Å²) in [6.07, 6.45) is 4.64. The Morgan fingerprint density at radius 3 is 2.68 bits per heavy atom. The van der Waals surface area contributed by atoms with Gasteiger partial charge in [0.2, 0.25) is 5.91 Å². The standard InChI is InChI=1S/C29H26F2N4O2/c1-35(2)16-18-5-3-17(4-6-18)7-11-24-21-10-8-19(13-26(21)34-33-24)23-15-29(23)22-14-20(37-28(30)31)9-12-25(22)32-27(29)36/h3-14,23,28H,15-16H2,1-2H3,(H,32,36)(H,33,34)/b11-7+/t23-,29?/m0/s1. The monoisotopic (exact) mass is 500 g/mol. The number of hydrogen-bond acceptors (Lipinski definition) is 4. The Kier molecular flexibility index (Phi) is 5.56. The number of hydrogen-bond donors (Lipinski definition) is 2. The molecule has 8 heteroatoms. The molecular weight excluding hydrogens is 474 g/mol. The second kappa shape index (κ2) is 8.81. The minimum Gasteiger partial charge on any atom is -0.435 e. The predicted octanol–water partition coefficient (Wildman–Crippen LogP) is 5.77. The molecule has 1 saturated carbocycles. The van der Waals surface area contributed by atoms with E-state index in [1.54, 1.807) is 12.1 Å². The molecule has 1 aliphatic heterocycles. The van der Waals surface area contributed by atoms with Crippen LogP contribution in [0.15, 0.2) is 60.7 Å². The van der Waals surface area contributed by atoms with Crippen molar-refractivity contribution in [3.63, 3.8) is 0 Å². The van der Waals surface area contributed by atoms with E-state index < -0.39 is 12.0 Å². The van der Waals surface area contributed by atoms with Gasteiger partial charge in [-0.25, -0.2) is 0 Å². The average molecular weight is 501 g/mol. The Balaban J connectivity index is 1.23. The van der Waals surface area contributed by atoms with Crippen LogP contribution < -0.4 is 10.1 Å². The molecule has 2 heterocycles. The van der Waals surface area contributed by atoms with E-state index in [9.17, 15) is 13.6 Å². The number of nitrogens with one attached hydrogen (secondary N) is 2. The number of anilines is 1. The largest absolute Gasteiger partial charge is 0.435 e. The quantitative estimate of drug-likeness (QED) is 0.338. The molecule has 1 aliphatic carbocycles. The zero-order chi connectivity index (χ0) is 25.7. The van der Waals surface area contributed by atoms with Gasteiger partial charge >= 0.3 is 6.61 Å². The maximum Gasteiger partial charge on any atom is 0.387 e. The second-order valence-electron chi connectivity index (χ2n) is 9.99. The van der Waals surface area contributed by atoms with E-state index in [0.717, 1.165) is 34.3 Å². The number of benzene rings is 3. The van der Waals surface area contributed by atoms with Crippen molar-refractivity contribution < 1.29 is 18.3 Å².